The van der Waals surface area contributed by atoms with Gasteiger partial charge in [-0.25, -0.2) is 0 Å². The van der Waals surface area contributed by atoms with Gasteiger partial charge in [-0.05, 0) is 49.1 Å². The fourth-order valence-corrected chi connectivity index (χ4v) is 5.41. The summed E-state index contributed by atoms with van der Waals surface area (Å²) in [5.41, 5.74) is 6.72. The van der Waals surface area contributed by atoms with Gasteiger partial charge in [0.2, 0.25) is 5.91 Å². The quantitative estimate of drug-likeness (QED) is 0.467. The van der Waals surface area contributed by atoms with Crippen molar-refractivity contribution in [2.45, 2.75) is 38.1 Å². The van der Waals surface area contributed by atoms with Gasteiger partial charge >= 0.3 is 0 Å². The lowest BCUT2D eigenvalue weighted by Crippen LogP contribution is -2.32. The number of hydrogen-bond acceptors (Lipinski definition) is 2. The summed E-state index contributed by atoms with van der Waals surface area (Å²) in [5, 5.41) is 5.77. The van der Waals surface area contributed by atoms with E-state index in [1.807, 2.05) is 17.2 Å². The SMILES string of the molecule is CCN1C(=O)[C@@]2(C[C@H]2c2ccc3cnn(Cc4ccccc4)c3c2)c2cc(C)ccc21. The molecule has 0 N–H and O–H groups in total. The second kappa shape index (κ2) is 6.55. The van der Waals surface area contributed by atoms with Gasteiger partial charge in [-0.3, -0.25) is 9.48 Å². The Morgan fingerprint density at radius 3 is 2.71 bits per heavy atom. The average Bonchev–Trinajstić information content (AvgIpc) is 3.37. The van der Waals surface area contributed by atoms with Gasteiger partial charge in [0.1, 0.15) is 0 Å². The van der Waals surface area contributed by atoms with E-state index in [1.165, 1.54) is 22.3 Å². The molecule has 3 aromatic carbocycles. The molecule has 1 aliphatic heterocycles. The number of carbonyl (C=O) groups excluding carboxylic acids is 1. The van der Waals surface area contributed by atoms with E-state index in [2.05, 4.69) is 84.3 Å². The van der Waals surface area contributed by atoms with Crippen LogP contribution in [0.3, 0.4) is 0 Å². The normalized spacial score (nSPS) is 21.8. The van der Waals surface area contributed by atoms with Crippen molar-refractivity contribution in [3.05, 3.63) is 95.2 Å². The lowest BCUT2D eigenvalue weighted by molar-refractivity contribution is -0.120. The van der Waals surface area contributed by atoms with Gasteiger partial charge in [0, 0.05) is 23.5 Å². The molecular weight excluding hydrogens is 382 g/mol. The molecule has 6 rings (SSSR count). The highest BCUT2D eigenvalue weighted by atomic mass is 16.2. The summed E-state index contributed by atoms with van der Waals surface area (Å²) in [6, 6.07) is 23.5. The topological polar surface area (TPSA) is 38.1 Å². The molecule has 4 heteroatoms. The molecule has 0 bridgehead atoms. The number of hydrogen-bond donors (Lipinski definition) is 0. The number of amides is 1. The maximum Gasteiger partial charge on any atom is 0.238 e. The summed E-state index contributed by atoms with van der Waals surface area (Å²) in [6.45, 7) is 5.63. The molecule has 2 heterocycles. The maximum absolute atomic E-state index is 13.5. The minimum absolute atomic E-state index is 0.224. The molecule has 4 nitrogen and oxygen atoms in total. The van der Waals surface area contributed by atoms with E-state index in [0.29, 0.717) is 6.54 Å². The van der Waals surface area contributed by atoms with Crippen molar-refractivity contribution >= 4 is 22.5 Å². The van der Waals surface area contributed by atoms with Gasteiger partial charge < -0.3 is 4.90 Å². The summed E-state index contributed by atoms with van der Waals surface area (Å²) in [4.78, 5) is 15.5. The highest BCUT2D eigenvalue weighted by molar-refractivity contribution is 6.11. The zero-order chi connectivity index (χ0) is 21.2. The van der Waals surface area contributed by atoms with E-state index in [1.54, 1.807) is 0 Å². The number of carbonyl (C=O) groups is 1. The molecule has 2 atom stereocenters. The Labute approximate surface area is 182 Å². The molecule has 4 aromatic rings. The Morgan fingerprint density at radius 2 is 1.90 bits per heavy atom. The van der Waals surface area contributed by atoms with Crippen LogP contribution in [0.2, 0.25) is 0 Å². The molecule has 1 saturated carbocycles. The number of benzene rings is 3. The van der Waals surface area contributed by atoms with Gasteiger partial charge in [0.15, 0.2) is 0 Å². The Hall–Kier alpha value is -3.40. The summed E-state index contributed by atoms with van der Waals surface area (Å²) in [5.74, 6) is 0.486. The number of anilines is 1. The van der Waals surface area contributed by atoms with Crippen LogP contribution in [0.4, 0.5) is 5.69 Å². The van der Waals surface area contributed by atoms with E-state index < -0.39 is 5.41 Å². The number of likely N-dealkylation sites (N-methyl/N-ethyl adjacent to an activating group) is 1. The predicted octanol–water partition coefficient (Wildman–Crippen LogP) is 5.18. The van der Waals surface area contributed by atoms with Crippen molar-refractivity contribution < 1.29 is 4.79 Å². The molecule has 31 heavy (non-hydrogen) atoms. The average molecular weight is 408 g/mol. The standard InChI is InChI=1S/C27H25N3O/c1-3-29-24-12-9-18(2)13-22(24)27(26(29)31)15-23(27)20-10-11-21-16-28-30(25(21)14-20)17-19-7-5-4-6-8-19/h4-14,16,23H,3,15,17H2,1-2H3/t23-,27-/m0/s1. The van der Waals surface area contributed by atoms with E-state index in [9.17, 15) is 4.79 Å². The van der Waals surface area contributed by atoms with Crippen LogP contribution in [0.1, 0.15) is 41.5 Å². The molecule has 154 valence electrons. The zero-order valence-corrected chi connectivity index (χ0v) is 17.9. The molecule has 1 aliphatic carbocycles. The molecule has 1 amide bonds. The molecule has 0 radical (unpaired) electrons. The first-order valence-electron chi connectivity index (χ1n) is 11.0. The minimum Gasteiger partial charge on any atom is -0.312 e. The third-order valence-electron chi connectivity index (χ3n) is 7.07. The van der Waals surface area contributed by atoms with Crippen LogP contribution in [0.25, 0.3) is 10.9 Å². The first-order chi connectivity index (χ1) is 15.1. The first-order valence-corrected chi connectivity index (χ1v) is 11.0. The molecule has 0 unspecified atom stereocenters. The first kappa shape index (κ1) is 18.4. The Morgan fingerprint density at radius 1 is 1.06 bits per heavy atom. The maximum atomic E-state index is 13.5. The molecule has 1 aromatic heterocycles. The van der Waals surface area contributed by atoms with Crippen LogP contribution in [0.5, 0.6) is 0 Å². The number of fused-ring (bicyclic) bond motifs is 3. The largest absolute Gasteiger partial charge is 0.312 e. The zero-order valence-electron chi connectivity index (χ0n) is 17.9. The number of aromatic nitrogens is 2. The van der Waals surface area contributed by atoms with Crippen molar-refractivity contribution in [3.63, 3.8) is 0 Å². The number of aryl methyl sites for hydroxylation is 1. The summed E-state index contributed by atoms with van der Waals surface area (Å²) < 4.78 is 2.07. The van der Waals surface area contributed by atoms with Crippen LogP contribution in [-0.4, -0.2) is 22.2 Å². The van der Waals surface area contributed by atoms with Crippen LogP contribution in [0, 0.1) is 6.92 Å². The van der Waals surface area contributed by atoms with Crippen LogP contribution >= 0.6 is 0 Å². The molecule has 2 aliphatic rings. The smallest absolute Gasteiger partial charge is 0.238 e. The van der Waals surface area contributed by atoms with Crippen LogP contribution < -0.4 is 4.90 Å². The molecular formula is C27H25N3O. The fourth-order valence-electron chi connectivity index (χ4n) is 5.41. The van der Waals surface area contributed by atoms with E-state index in [4.69, 9.17) is 0 Å². The summed E-state index contributed by atoms with van der Waals surface area (Å²) in [7, 11) is 0. The van der Waals surface area contributed by atoms with Crippen molar-refractivity contribution in [1.82, 2.24) is 9.78 Å². The minimum atomic E-state index is -0.394. The molecule has 0 saturated heterocycles. The van der Waals surface area contributed by atoms with E-state index in [0.717, 1.165) is 29.6 Å². The monoisotopic (exact) mass is 407 g/mol. The lowest BCUT2D eigenvalue weighted by atomic mass is 9.91. The van der Waals surface area contributed by atoms with Gasteiger partial charge in [0.05, 0.1) is 23.7 Å². The Balaban J connectivity index is 1.40. The Kier molecular flexibility index (Phi) is 3.88. The molecule has 1 fully saturated rings. The second-order valence-electron chi connectivity index (χ2n) is 8.90. The van der Waals surface area contributed by atoms with Gasteiger partial charge in [0.25, 0.3) is 0 Å². The second-order valence-corrected chi connectivity index (χ2v) is 8.90. The van der Waals surface area contributed by atoms with Crippen LogP contribution in [0.15, 0.2) is 72.9 Å². The lowest BCUT2D eigenvalue weighted by Gasteiger charge is -2.15. The highest BCUT2D eigenvalue weighted by Gasteiger charge is 2.66. The van der Waals surface area contributed by atoms with Crippen molar-refractivity contribution in [2.75, 3.05) is 11.4 Å². The third kappa shape index (κ3) is 2.61. The summed E-state index contributed by atoms with van der Waals surface area (Å²) in [6.07, 6.45) is 2.82. The van der Waals surface area contributed by atoms with Crippen molar-refractivity contribution in [3.8, 4) is 0 Å². The highest BCUT2D eigenvalue weighted by Crippen LogP contribution is 2.66. The van der Waals surface area contributed by atoms with Crippen LogP contribution in [-0.2, 0) is 16.8 Å². The number of rotatable bonds is 4. The molecule has 1 spiro atoms. The van der Waals surface area contributed by atoms with Crippen molar-refractivity contribution in [1.29, 1.82) is 0 Å². The van der Waals surface area contributed by atoms with Crippen molar-refractivity contribution in [2.24, 2.45) is 0 Å². The predicted molar refractivity (Wildman–Crippen MR) is 124 cm³/mol. The fraction of sp³-hybridized carbons (Fsp3) is 0.259. The van der Waals surface area contributed by atoms with E-state index in [-0.39, 0.29) is 11.8 Å². The van der Waals surface area contributed by atoms with Gasteiger partial charge in [-0.1, -0.05) is 60.2 Å². The third-order valence-corrected chi connectivity index (χ3v) is 7.07. The Bertz CT molecular complexity index is 1320. The van der Waals surface area contributed by atoms with E-state index >= 15 is 0 Å². The number of nitrogens with zero attached hydrogens (tertiary/aromatic N) is 3. The van der Waals surface area contributed by atoms with Gasteiger partial charge in [-0.15, -0.1) is 0 Å². The van der Waals surface area contributed by atoms with Gasteiger partial charge in [-0.2, -0.15) is 5.10 Å². The summed E-state index contributed by atoms with van der Waals surface area (Å²) >= 11 is 0.